The summed E-state index contributed by atoms with van der Waals surface area (Å²) in [5.41, 5.74) is 4.48. The van der Waals surface area contributed by atoms with E-state index in [0.717, 1.165) is 42.1 Å². The number of nitrogens with zero attached hydrogens (tertiary/aromatic N) is 3. The fourth-order valence-electron chi connectivity index (χ4n) is 4.51. The first-order valence-corrected chi connectivity index (χ1v) is 12.0. The lowest BCUT2D eigenvalue weighted by atomic mass is 10.2. The Labute approximate surface area is 204 Å². The average molecular weight is 474 g/mol. The minimum absolute atomic E-state index is 0.0376. The standard InChI is InChI=1S/C28H28ClN3O2/c1-21-18-25-27(34-21)19-26(32(25)20-23-11-5-6-12-24(23)29)28(33)31-16-14-30(15-17-31)13-7-10-22-8-3-2-4-9-22/h2-12,18-19H,13-17,20H2,1H3/b10-7+. The summed E-state index contributed by atoms with van der Waals surface area (Å²) in [5, 5.41) is 0.695. The Balaban J connectivity index is 1.29. The highest BCUT2D eigenvalue weighted by molar-refractivity contribution is 6.31. The van der Waals surface area contributed by atoms with Crippen LogP contribution in [-0.2, 0) is 6.54 Å². The predicted octanol–water partition coefficient (Wildman–Crippen LogP) is 5.72. The van der Waals surface area contributed by atoms with Crippen LogP contribution in [0.3, 0.4) is 0 Å². The normalized spacial score (nSPS) is 14.9. The van der Waals surface area contributed by atoms with Gasteiger partial charge in [-0.05, 0) is 24.1 Å². The largest absolute Gasteiger partial charge is 0.460 e. The summed E-state index contributed by atoms with van der Waals surface area (Å²) in [5.74, 6) is 0.865. The zero-order chi connectivity index (χ0) is 23.5. The van der Waals surface area contributed by atoms with Gasteiger partial charge in [-0.2, -0.15) is 0 Å². The van der Waals surface area contributed by atoms with Crippen molar-refractivity contribution in [3.8, 4) is 0 Å². The van der Waals surface area contributed by atoms with Crippen LogP contribution in [0.2, 0.25) is 5.02 Å². The molecule has 3 heterocycles. The molecule has 0 spiro atoms. The number of hydrogen-bond acceptors (Lipinski definition) is 3. The number of furan rings is 1. The maximum atomic E-state index is 13.6. The topological polar surface area (TPSA) is 41.6 Å². The molecule has 2 aromatic heterocycles. The van der Waals surface area contributed by atoms with E-state index in [1.165, 1.54) is 5.56 Å². The highest BCUT2D eigenvalue weighted by atomic mass is 35.5. The second-order valence-electron chi connectivity index (χ2n) is 8.72. The molecule has 4 aromatic rings. The molecule has 0 unspecified atom stereocenters. The molecule has 5 nitrogen and oxygen atoms in total. The van der Waals surface area contributed by atoms with E-state index in [1.807, 2.05) is 71.0 Å². The Kier molecular flexibility index (Phi) is 6.57. The Hall–Kier alpha value is -3.28. The van der Waals surface area contributed by atoms with Gasteiger partial charge in [-0.15, -0.1) is 0 Å². The summed E-state index contributed by atoms with van der Waals surface area (Å²) in [6.45, 7) is 6.44. The highest BCUT2D eigenvalue weighted by Gasteiger charge is 2.26. The first-order valence-electron chi connectivity index (χ1n) is 11.6. The van der Waals surface area contributed by atoms with Gasteiger partial charge in [0, 0.05) is 56.4 Å². The molecule has 2 aromatic carbocycles. The van der Waals surface area contributed by atoms with Gasteiger partial charge in [0.15, 0.2) is 5.58 Å². The number of benzene rings is 2. The summed E-state index contributed by atoms with van der Waals surface area (Å²) >= 11 is 6.43. The van der Waals surface area contributed by atoms with E-state index in [4.69, 9.17) is 16.0 Å². The molecule has 174 valence electrons. The van der Waals surface area contributed by atoms with Crippen molar-refractivity contribution >= 4 is 34.7 Å². The van der Waals surface area contributed by atoms with Crippen LogP contribution >= 0.6 is 11.6 Å². The zero-order valence-electron chi connectivity index (χ0n) is 19.3. The van der Waals surface area contributed by atoms with Crippen LogP contribution in [-0.4, -0.2) is 53.0 Å². The molecule has 34 heavy (non-hydrogen) atoms. The predicted molar refractivity (Wildman–Crippen MR) is 137 cm³/mol. The first-order chi connectivity index (χ1) is 16.6. The van der Waals surface area contributed by atoms with Crippen molar-refractivity contribution in [2.24, 2.45) is 0 Å². The summed E-state index contributed by atoms with van der Waals surface area (Å²) in [4.78, 5) is 17.9. The molecule has 0 atom stereocenters. The average Bonchev–Trinajstić information content (AvgIpc) is 3.38. The van der Waals surface area contributed by atoms with Crippen molar-refractivity contribution < 1.29 is 9.21 Å². The maximum absolute atomic E-state index is 13.6. The van der Waals surface area contributed by atoms with Gasteiger partial charge >= 0.3 is 0 Å². The molecule has 1 amide bonds. The van der Waals surface area contributed by atoms with Gasteiger partial charge in [0.2, 0.25) is 0 Å². The summed E-state index contributed by atoms with van der Waals surface area (Å²) < 4.78 is 7.88. The highest BCUT2D eigenvalue weighted by Crippen LogP contribution is 2.27. The lowest BCUT2D eigenvalue weighted by Gasteiger charge is -2.34. The fraction of sp³-hybridized carbons (Fsp3) is 0.250. The molecule has 0 bridgehead atoms. The van der Waals surface area contributed by atoms with Gasteiger partial charge in [-0.3, -0.25) is 9.69 Å². The number of hydrogen-bond donors (Lipinski definition) is 0. The lowest BCUT2D eigenvalue weighted by molar-refractivity contribution is 0.0640. The third-order valence-electron chi connectivity index (χ3n) is 6.35. The number of rotatable bonds is 6. The Bertz CT molecular complexity index is 1310. The zero-order valence-corrected chi connectivity index (χ0v) is 20.0. The van der Waals surface area contributed by atoms with E-state index in [9.17, 15) is 4.79 Å². The van der Waals surface area contributed by atoms with E-state index >= 15 is 0 Å². The van der Waals surface area contributed by atoms with Crippen LogP contribution in [0, 0.1) is 6.92 Å². The third kappa shape index (κ3) is 4.81. The van der Waals surface area contributed by atoms with Crippen molar-refractivity contribution in [1.29, 1.82) is 0 Å². The molecular formula is C28H28ClN3O2. The smallest absolute Gasteiger partial charge is 0.270 e. The second-order valence-corrected chi connectivity index (χ2v) is 9.13. The van der Waals surface area contributed by atoms with Crippen molar-refractivity contribution in [3.63, 3.8) is 0 Å². The van der Waals surface area contributed by atoms with E-state index < -0.39 is 0 Å². The molecule has 0 saturated carbocycles. The molecule has 1 fully saturated rings. The number of carbonyl (C=O) groups excluding carboxylic acids is 1. The Morgan fingerprint density at radius 1 is 1.00 bits per heavy atom. The molecule has 1 aliphatic heterocycles. The van der Waals surface area contributed by atoms with Gasteiger partial charge in [-0.25, -0.2) is 0 Å². The van der Waals surface area contributed by atoms with E-state index in [-0.39, 0.29) is 5.91 Å². The van der Waals surface area contributed by atoms with Gasteiger partial charge < -0.3 is 13.9 Å². The summed E-state index contributed by atoms with van der Waals surface area (Å²) in [6, 6.07) is 21.9. The van der Waals surface area contributed by atoms with Crippen LogP contribution in [0.4, 0.5) is 0 Å². The van der Waals surface area contributed by atoms with Crippen molar-refractivity contribution in [1.82, 2.24) is 14.4 Å². The maximum Gasteiger partial charge on any atom is 0.270 e. The van der Waals surface area contributed by atoms with Crippen molar-refractivity contribution in [2.75, 3.05) is 32.7 Å². The van der Waals surface area contributed by atoms with Crippen LogP contribution in [0.5, 0.6) is 0 Å². The van der Waals surface area contributed by atoms with Crippen LogP contribution in [0.1, 0.15) is 27.4 Å². The SMILES string of the molecule is Cc1cc2c(cc(C(=O)N3CCN(C/C=C/c4ccccc4)CC3)n2Cc2ccccc2Cl)o1. The third-order valence-corrected chi connectivity index (χ3v) is 6.72. The number of aromatic nitrogens is 1. The minimum Gasteiger partial charge on any atom is -0.460 e. The van der Waals surface area contributed by atoms with Crippen LogP contribution < -0.4 is 0 Å². The molecular weight excluding hydrogens is 446 g/mol. The van der Waals surface area contributed by atoms with Gasteiger partial charge in [0.05, 0.1) is 5.52 Å². The minimum atomic E-state index is 0.0376. The summed E-state index contributed by atoms with van der Waals surface area (Å²) in [6.07, 6.45) is 4.34. The molecule has 1 saturated heterocycles. The molecule has 0 N–H and O–H groups in total. The van der Waals surface area contributed by atoms with Crippen LogP contribution in [0.15, 0.2) is 77.2 Å². The molecule has 5 rings (SSSR count). The van der Waals surface area contributed by atoms with E-state index in [1.54, 1.807) is 0 Å². The molecule has 0 radical (unpaired) electrons. The lowest BCUT2D eigenvalue weighted by Crippen LogP contribution is -2.49. The molecule has 6 heteroatoms. The number of piperazine rings is 1. The fourth-order valence-corrected chi connectivity index (χ4v) is 4.70. The van der Waals surface area contributed by atoms with Gasteiger partial charge in [0.1, 0.15) is 11.5 Å². The monoisotopic (exact) mass is 473 g/mol. The second kappa shape index (κ2) is 9.92. The Morgan fingerprint density at radius 2 is 1.74 bits per heavy atom. The van der Waals surface area contributed by atoms with Gasteiger partial charge in [0.25, 0.3) is 5.91 Å². The molecule has 1 aliphatic rings. The van der Waals surface area contributed by atoms with E-state index in [0.29, 0.717) is 30.4 Å². The van der Waals surface area contributed by atoms with Gasteiger partial charge in [-0.1, -0.05) is 72.3 Å². The number of halogens is 1. The molecule has 0 aliphatic carbocycles. The quantitative estimate of drug-likeness (QED) is 0.360. The summed E-state index contributed by atoms with van der Waals surface area (Å²) in [7, 11) is 0. The van der Waals surface area contributed by atoms with Crippen molar-refractivity contribution in [3.05, 3.63) is 100 Å². The van der Waals surface area contributed by atoms with Crippen molar-refractivity contribution in [2.45, 2.75) is 13.5 Å². The number of aryl methyl sites for hydroxylation is 1. The Morgan fingerprint density at radius 3 is 2.50 bits per heavy atom. The number of amides is 1. The van der Waals surface area contributed by atoms with E-state index in [2.05, 4.69) is 29.2 Å². The van der Waals surface area contributed by atoms with Crippen LogP contribution in [0.25, 0.3) is 17.2 Å². The number of carbonyl (C=O) groups is 1. The first kappa shape index (κ1) is 22.5. The number of fused-ring (bicyclic) bond motifs is 1.